The highest BCUT2D eigenvalue weighted by molar-refractivity contribution is 7.99. The Morgan fingerprint density at radius 1 is 1.00 bits per heavy atom. The van der Waals surface area contributed by atoms with Crippen molar-refractivity contribution in [3.63, 3.8) is 0 Å². The molecule has 0 saturated carbocycles. The van der Waals surface area contributed by atoms with Crippen molar-refractivity contribution in [2.24, 2.45) is 0 Å². The van der Waals surface area contributed by atoms with Gasteiger partial charge in [-0.05, 0) is 30.7 Å². The highest BCUT2D eigenvalue weighted by atomic mass is 32.2. The number of nitrogens with two attached hydrogens (primary N) is 1. The van der Waals surface area contributed by atoms with Crippen molar-refractivity contribution in [2.45, 2.75) is 17.1 Å². The second kappa shape index (κ2) is 5.08. The van der Waals surface area contributed by atoms with E-state index in [1.54, 1.807) is 0 Å². The normalized spacial score (nSPS) is 12.3. The lowest BCUT2D eigenvalue weighted by molar-refractivity contribution is 1.10. The minimum atomic E-state index is 0.447. The summed E-state index contributed by atoms with van der Waals surface area (Å²) in [6, 6.07) is 18.5. The first kappa shape index (κ1) is 11.1. The molecular formula is C14H15NS. The zero-order valence-electron chi connectivity index (χ0n) is 9.26. The minimum Gasteiger partial charge on any atom is -0.399 e. The van der Waals surface area contributed by atoms with Gasteiger partial charge in [0.05, 0.1) is 0 Å². The van der Waals surface area contributed by atoms with Crippen LogP contribution >= 0.6 is 11.8 Å². The van der Waals surface area contributed by atoms with E-state index in [0.29, 0.717) is 5.25 Å². The van der Waals surface area contributed by atoms with Crippen LogP contribution in [0.3, 0.4) is 0 Å². The summed E-state index contributed by atoms with van der Waals surface area (Å²) < 4.78 is 0. The van der Waals surface area contributed by atoms with E-state index in [1.807, 2.05) is 36.0 Å². The molecular weight excluding hydrogens is 214 g/mol. The lowest BCUT2D eigenvalue weighted by atomic mass is 10.2. The van der Waals surface area contributed by atoms with E-state index in [1.165, 1.54) is 10.5 Å². The zero-order chi connectivity index (χ0) is 11.4. The van der Waals surface area contributed by atoms with Gasteiger partial charge in [0.1, 0.15) is 0 Å². The first-order valence-electron chi connectivity index (χ1n) is 5.33. The maximum Gasteiger partial charge on any atom is 0.0325 e. The standard InChI is InChI=1S/C14H15NS/c1-11(12-6-3-2-4-7-12)16-14-9-5-8-13(15)10-14/h2-11H,15H2,1H3/t11-/m1/s1. The van der Waals surface area contributed by atoms with Crippen LogP contribution in [0.1, 0.15) is 17.7 Å². The van der Waals surface area contributed by atoms with Gasteiger partial charge in [-0.2, -0.15) is 0 Å². The fourth-order valence-corrected chi connectivity index (χ4v) is 2.65. The number of thioether (sulfide) groups is 1. The van der Waals surface area contributed by atoms with Gasteiger partial charge in [-0.1, -0.05) is 36.4 Å². The van der Waals surface area contributed by atoms with Crippen molar-refractivity contribution in [3.05, 3.63) is 60.2 Å². The molecule has 0 saturated heterocycles. The van der Waals surface area contributed by atoms with Crippen LogP contribution in [0, 0.1) is 0 Å². The Kier molecular flexibility index (Phi) is 3.52. The Hall–Kier alpha value is -1.41. The first-order valence-corrected chi connectivity index (χ1v) is 6.21. The molecule has 2 rings (SSSR count). The maximum absolute atomic E-state index is 5.76. The lowest BCUT2D eigenvalue weighted by Gasteiger charge is -2.11. The van der Waals surface area contributed by atoms with Crippen molar-refractivity contribution in [1.29, 1.82) is 0 Å². The molecule has 2 aromatic rings. The third kappa shape index (κ3) is 2.80. The van der Waals surface area contributed by atoms with Crippen LogP contribution in [0.25, 0.3) is 0 Å². The van der Waals surface area contributed by atoms with E-state index in [4.69, 9.17) is 5.73 Å². The summed E-state index contributed by atoms with van der Waals surface area (Å²) in [6.07, 6.45) is 0. The average molecular weight is 229 g/mol. The fraction of sp³-hybridized carbons (Fsp3) is 0.143. The van der Waals surface area contributed by atoms with E-state index < -0.39 is 0 Å². The molecule has 0 aromatic heterocycles. The molecule has 0 bridgehead atoms. The van der Waals surface area contributed by atoms with E-state index in [9.17, 15) is 0 Å². The van der Waals surface area contributed by atoms with Gasteiger partial charge in [-0.3, -0.25) is 0 Å². The van der Waals surface area contributed by atoms with Gasteiger partial charge in [-0.15, -0.1) is 11.8 Å². The summed E-state index contributed by atoms with van der Waals surface area (Å²) in [4.78, 5) is 1.22. The third-order valence-corrected chi connectivity index (χ3v) is 3.59. The van der Waals surface area contributed by atoms with Gasteiger partial charge in [0.2, 0.25) is 0 Å². The second-order valence-electron chi connectivity index (χ2n) is 3.74. The quantitative estimate of drug-likeness (QED) is 0.633. The zero-order valence-corrected chi connectivity index (χ0v) is 10.1. The maximum atomic E-state index is 5.76. The van der Waals surface area contributed by atoms with Gasteiger partial charge in [0.15, 0.2) is 0 Å². The fourth-order valence-electron chi connectivity index (χ4n) is 1.58. The van der Waals surface area contributed by atoms with Crippen molar-refractivity contribution < 1.29 is 0 Å². The third-order valence-electron chi connectivity index (χ3n) is 2.44. The number of anilines is 1. The molecule has 0 radical (unpaired) electrons. The molecule has 1 nitrogen and oxygen atoms in total. The predicted molar refractivity (Wildman–Crippen MR) is 71.6 cm³/mol. The molecule has 0 spiro atoms. The molecule has 0 aliphatic rings. The van der Waals surface area contributed by atoms with E-state index in [-0.39, 0.29) is 0 Å². The first-order chi connectivity index (χ1) is 7.75. The van der Waals surface area contributed by atoms with E-state index >= 15 is 0 Å². The van der Waals surface area contributed by atoms with Gasteiger partial charge in [0, 0.05) is 15.8 Å². The molecule has 16 heavy (non-hydrogen) atoms. The number of hydrogen-bond acceptors (Lipinski definition) is 2. The predicted octanol–water partition coefficient (Wildman–Crippen LogP) is 4.12. The van der Waals surface area contributed by atoms with Crippen LogP contribution < -0.4 is 5.73 Å². The number of benzene rings is 2. The monoisotopic (exact) mass is 229 g/mol. The highest BCUT2D eigenvalue weighted by Crippen LogP contribution is 2.34. The van der Waals surface area contributed by atoms with Crippen LogP contribution in [0.5, 0.6) is 0 Å². The van der Waals surface area contributed by atoms with Crippen molar-refractivity contribution in [2.75, 3.05) is 5.73 Å². The van der Waals surface area contributed by atoms with Crippen LogP contribution in [0.2, 0.25) is 0 Å². The molecule has 0 heterocycles. The van der Waals surface area contributed by atoms with Gasteiger partial charge in [0.25, 0.3) is 0 Å². The summed E-state index contributed by atoms with van der Waals surface area (Å²) in [6.45, 7) is 2.21. The molecule has 0 unspecified atom stereocenters. The summed E-state index contributed by atoms with van der Waals surface area (Å²) in [5, 5.41) is 0.447. The Morgan fingerprint density at radius 3 is 2.44 bits per heavy atom. The van der Waals surface area contributed by atoms with Crippen molar-refractivity contribution in [1.82, 2.24) is 0 Å². The average Bonchev–Trinajstić information content (AvgIpc) is 2.30. The molecule has 0 aliphatic heterocycles. The lowest BCUT2D eigenvalue weighted by Crippen LogP contribution is -1.88. The Balaban J connectivity index is 2.11. The highest BCUT2D eigenvalue weighted by Gasteiger charge is 2.06. The second-order valence-corrected chi connectivity index (χ2v) is 5.16. The summed E-state index contributed by atoms with van der Waals surface area (Å²) in [5.41, 5.74) is 7.93. The van der Waals surface area contributed by atoms with Crippen LogP contribution in [-0.2, 0) is 0 Å². The van der Waals surface area contributed by atoms with E-state index in [2.05, 4.69) is 37.3 Å². The molecule has 82 valence electrons. The van der Waals surface area contributed by atoms with Crippen molar-refractivity contribution >= 4 is 17.4 Å². The van der Waals surface area contributed by atoms with E-state index in [0.717, 1.165) is 5.69 Å². The Bertz CT molecular complexity index is 453. The van der Waals surface area contributed by atoms with Crippen LogP contribution in [0.4, 0.5) is 5.69 Å². The van der Waals surface area contributed by atoms with Crippen molar-refractivity contribution in [3.8, 4) is 0 Å². The van der Waals surface area contributed by atoms with Gasteiger partial charge >= 0.3 is 0 Å². The Morgan fingerprint density at radius 2 is 1.75 bits per heavy atom. The molecule has 0 fully saturated rings. The smallest absolute Gasteiger partial charge is 0.0325 e. The number of rotatable bonds is 3. The van der Waals surface area contributed by atoms with Crippen LogP contribution in [0.15, 0.2) is 59.5 Å². The minimum absolute atomic E-state index is 0.447. The topological polar surface area (TPSA) is 26.0 Å². The largest absolute Gasteiger partial charge is 0.399 e. The van der Waals surface area contributed by atoms with Crippen LogP contribution in [-0.4, -0.2) is 0 Å². The summed E-state index contributed by atoms with van der Waals surface area (Å²) in [5.74, 6) is 0. The molecule has 1 atom stereocenters. The number of nitrogen functional groups attached to an aromatic ring is 1. The SMILES string of the molecule is C[C@@H](Sc1cccc(N)c1)c1ccccc1. The summed E-state index contributed by atoms with van der Waals surface area (Å²) >= 11 is 1.83. The molecule has 2 heteroatoms. The molecule has 0 amide bonds. The molecule has 2 aromatic carbocycles. The van der Waals surface area contributed by atoms with Gasteiger partial charge < -0.3 is 5.73 Å². The Labute approximate surface area is 101 Å². The van der Waals surface area contributed by atoms with Gasteiger partial charge in [-0.25, -0.2) is 0 Å². The summed E-state index contributed by atoms with van der Waals surface area (Å²) in [7, 11) is 0. The molecule has 2 N–H and O–H groups in total. The molecule has 0 aliphatic carbocycles. The number of hydrogen-bond donors (Lipinski definition) is 1.